The summed E-state index contributed by atoms with van der Waals surface area (Å²) in [6.07, 6.45) is 2.98. The molecular weight excluding hydrogens is 190 g/mol. The molecule has 0 aromatic rings. The van der Waals surface area contributed by atoms with Gasteiger partial charge in [0.15, 0.2) is 0 Å². The Morgan fingerprint density at radius 2 is 2.00 bits per heavy atom. The monoisotopic (exact) mass is 213 g/mol. The van der Waals surface area contributed by atoms with E-state index in [-0.39, 0.29) is 12.1 Å². The number of esters is 1. The third kappa shape index (κ3) is 3.49. The minimum Gasteiger partial charge on any atom is -0.461 e. The lowest BCUT2D eigenvalue weighted by Gasteiger charge is -2.25. The Morgan fingerprint density at radius 1 is 1.47 bits per heavy atom. The van der Waals surface area contributed by atoms with Crippen molar-refractivity contribution in [2.45, 2.75) is 58.6 Å². The van der Waals surface area contributed by atoms with Crippen LogP contribution in [0.4, 0.5) is 0 Å². The highest BCUT2D eigenvalue weighted by Gasteiger charge is 2.45. The summed E-state index contributed by atoms with van der Waals surface area (Å²) in [6, 6.07) is 0. The molecule has 1 aliphatic rings. The van der Waals surface area contributed by atoms with Gasteiger partial charge in [0.1, 0.15) is 5.54 Å². The van der Waals surface area contributed by atoms with Crippen LogP contribution in [0.15, 0.2) is 0 Å². The standard InChI is InChI=1S/C12H23NO2/c1-8(2)7-9(3)15-11(14)12(4,13)10-5-6-10/h8-10H,5-7,13H2,1-4H3. The van der Waals surface area contributed by atoms with Gasteiger partial charge in [-0.25, -0.2) is 0 Å². The Hall–Kier alpha value is -0.570. The SMILES string of the molecule is CC(C)CC(C)OC(=O)C(C)(N)C1CC1. The third-order valence-corrected chi connectivity index (χ3v) is 2.98. The summed E-state index contributed by atoms with van der Waals surface area (Å²) in [5.74, 6) is 0.632. The summed E-state index contributed by atoms with van der Waals surface area (Å²) >= 11 is 0. The minimum absolute atomic E-state index is 0.0286. The van der Waals surface area contributed by atoms with E-state index in [9.17, 15) is 4.79 Å². The zero-order chi connectivity index (χ0) is 11.6. The predicted octanol–water partition coefficient (Wildman–Crippen LogP) is 2.09. The highest BCUT2D eigenvalue weighted by Crippen LogP contribution is 2.38. The van der Waals surface area contributed by atoms with Crippen LogP contribution >= 0.6 is 0 Å². The van der Waals surface area contributed by atoms with Crippen LogP contribution < -0.4 is 5.73 Å². The summed E-state index contributed by atoms with van der Waals surface area (Å²) in [7, 11) is 0. The van der Waals surface area contributed by atoms with Crippen molar-refractivity contribution >= 4 is 5.97 Å². The van der Waals surface area contributed by atoms with Gasteiger partial charge in [-0.2, -0.15) is 0 Å². The molecule has 1 saturated carbocycles. The van der Waals surface area contributed by atoms with Crippen LogP contribution in [0, 0.1) is 11.8 Å². The molecule has 2 atom stereocenters. The van der Waals surface area contributed by atoms with Crippen molar-refractivity contribution in [3.8, 4) is 0 Å². The summed E-state index contributed by atoms with van der Waals surface area (Å²) in [4.78, 5) is 11.8. The molecule has 0 spiro atoms. The number of rotatable bonds is 5. The summed E-state index contributed by atoms with van der Waals surface area (Å²) in [5, 5.41) is 0. The van der Waals surface area contributed by atoms with E-state index < -0.39 is 5.54 Å². The number of carbonyl (C=O) groups excluding carboxylic acids is 1. The molecule has 0 heterocycles. The Morgan fingerprint density at radius 3 is 2.40 bits per heavy atom. The van der Waals surface area contributed by atoms with E-state index in [0.29, 0.717) is 11.8 Å². The van der Waals surface area contributed by atoms with Gasteiger partial charge in [0.2, 0.25) is 0 Å². The molecular formula is C12H23NO2. The molecule has 2 N–H and O–H groups in total. The number of hydrogen-bond donors (Lipinski definition) is 1. The second-order valence-corrected chi connectivity index (χ2v) is 5.40. The third-order valence-electron chi connectivity index (χ3n) is 2.98. The number of hydrogen-bond acceptors (Lipinski definition) is 3. The first-order valence-corrected chi connectivity index (χ1v) is 5.84. The van der Waals surface area contributed by atoms with Crippen LogP contribution in [-0.4, -0.2) is 17.6 Å². The van der Waals surface area contributed by atoms with E-state index in [1.54, 1.807) is 6.92 Å². The fourth-order valence-electron chi connectivity index (χ4n) is 1.87. The van der Waals surface area contributed by atoms with Gasteiger partial charge in [-0.15, -0.1) is 0 Å². The van der Waals surface area contributed by atoms with E-state index in [1.165, 1.54) is 0 Å². The number of carbonyl (C=O) groups is 1. The topological polar surface area (TPSA) is 52.3 Å². The smallest absolute Gasteiger partial charge is 0.326 e. The van der Waals surface area contributed by atoms with E-state index in [2.05, 4.69) is 13.8 Å². The second kappa shape index (κ2) is 4.52. The first-order valence-electron chi connectivity index (χ1n) is 5.84. The Kier molecular flexibility index (Phi) is 3.77. The molecule has 0 bridgehead atoms. The van der Waals surface area contributed by atoms with Crippen LogP contribution in [0.25, 0.3) is 0 Å². The maximum absolute atomic E-state index is 11.8. The lowest BCUT2D eigenvalue weighted by molar-refractivity contribution is -0.155. The van der Waals surface area contributed by atoms with Gasteiger partial charge in [-0.05, 0) is 44.9 Å². The summed E-state index contributed by atoms with van der Waals surface area (Å²) in [5.41, 5.74) is 5.20. The maximum atomic E-state index is 11.8. The molecule has 0 aromatic heterocycles. The number of ether oxygens (including phenoxy) is 1. The molecule has 0 radical (unpaired) electrons. The molecule has 2 unspecified atom stereocenters. The molecule has 15 heavy (non-hydrogen) atoms. The van der Waals surface area contributed by atoms with Gasteiger partial charge in [0, 0.05) is 0 Å². The van der Waals surface area contributed by atoms with Crippen molar-refractivity contribution in [3.05, 3.63) is 0 Å². The van der Waals surface area contributed by atoms with Crippen molar-refractivity contribution in [2.75, 3.05) is 0 Å². The van der Waals surface area contributed by atoms with Crippen LogP contribution in [-0.2, 0) is 9.53 Å². The zero-order valence-electron chi connectivity index (χ0n) is 10.2. The molecule has 3 heteroatoms. The molecule has 0 aliphatic heterocycles. The molecule has 0 saturated heterocycles. The van der Waals surface area contributed by atoms with E-state index >= 15 is 0 Å². The van der Waals surface area contributed by atoms with E-state index in [1.807, 2.05) is 6.92 Å². The Balaban J connectivity index is 2.40. The van der Waals surface area contributed by atoms with Gasteiger partial charge in [0.05, 0.1) is 6.10 Å². The van der Waals surface area contributed by atoms with Crippen molar-refractivity contribution in [1.82, 2.24) is 0 Å². The van der Waals surface area contributed by atoms with Crippen LogP contribution in [0.1, 0.15) is 47.0 Å². The molecule has 1 rings (SSSR count). The van der Waals surface area contributed by atoms with Crippen molar-refractivity contribution < 1.29 is 9.53 Å². The first kappa shape index (κ1) is 12.5. The molecule has 1 fully saturated rings. The molecule has 88 valence electrons. The van der Waals surface area contributed by atoms with Crippen molar-refractivity contribution in [2.24, 2.45) is 17.6 Å². The Labute approximate surface area is 92.4 Å². The maximum Gasteiger partial charge on any atom is 0.326 e. The molecule has 0 amide bonds. The van der Waals surface area contributed by atoms with Crippen molar-refractivity contribution in [3.63, 3.8) is 0 Å². The minimum atomic E-state index is -0.773. The molecule has 1 aliphatic carbocycles. The van der Waals surface area contributed by atoms with E-state index in [4.69, 9.17) is 10.5 Å². The lowest BCUT2D eigenvalue weighted by atomic mass is 9.97. The fourth-order valence-corrected chi connectivity index (χ4v) is 1.87. The average Bonchev–Trinajstić information content (AvgIpc) is 2.83. The summed E-state index contributed by atoms with van der Waals surface area (Å²) in [6.45, 7) is 7.95. The van der Waals surface area contributed by atoms with Gasteiger partial charge in [-0.3, -0.25) is 4.79 Å². The first-order chi connectivity index (χ1) is 6.84. The van der Waals surface area contributed by atoms with Gasteiger partial charge in [0.25, 0.3) is 0 Å². The lowest BCUT2D eigenvalue weighted by Crippen LogP contribution is -2.49. The van der Waals surface area contributed by atoms with Crippen molar-refractivity contribution in [1.29, 1.82) is 0 Å². The highest BCUT2D eigenvalue weighted by molar-refractivity contribution is 5.81. The largest absolute Gasteiger partial charge is 0.461 e. The van der Waals surface area contributed by atoms with E-state index in [0.717, 1.165) is 19.3 Å². The van der Waals surface area contributed by atoms with Gasteiger partial charge < -0.3 is 10.5 Å². The zero-order valence-corrected chi connectivity index (χ0v) is 10.2. The van der Waals surface area contributed by atoms with Crippen LogP contribution in [0.3, 0.4) is 0 Å². The number of nitrogens with two attached hydrogens (primary N) is 1. The van der Waals surface area contributed by atoms with Crippen LogP contribution in [0.2, 0.25) is 0 Å². The predicted molar refractivity (Wildman–Crippen MR) is 60.3 cm³/mol. The second-order valence-electron chi connectivity index (χ2n) is 5.40. The highest BCUT2D eigenvalue weighted by atomic mass is 16.5. The van der Waals surface area contributed by atoms with Crippen LogP contribution in [0.5, 0.6) is 0 Å². The van der Waals surface area contributed by atoms with Gasteiger partial charge in [-0.1, -0.05) is 13.8 Å². The fraction of sp³-hybridized carbons (Fsp3) is 0.917. The molecule has 3 nitrogen and oxygen atoms in total. The van der Waals surface area contributed by atoms with Gasteiger partial charge >= 0.3 is 5.97 Å². The average molecular weight is 213 g/mol. The quantitative estimate of drug-likeness (QED) is 0.711. The Bertz CT molecular complexity index is 232. The molecule has 0 aromatic carbocycles. The summed E-state index contributed by atoms with van der Waals surface area (Å²) < 4.78 is 5.36. The normalized spacial score (nSPS) is 22.3.